The summed E-state index contributed by atoms with van der Waals surface area (Å²) in [6.07, 6.45) is 3.30. The summed E-state index contributed by atoms with van der Waals surface area (Å²) in [5.41, 5.74) is 7.87. The molecule has 1 atom stereocenters. The van der Waals surface area contributed by atoms with Gasteiger partial charge < -0.3 is 5.32 Å². The van der Waals surface area contributed by atoms with Crippen LogP contribution in [0.5, 0.6) is 0 Å². The summed E-state index contributed by atoms with van der Waals surface area (Å²) in [6, 6.07) is 10.9. The van der Waals surface area contributed by atoms with Gasteiger partial charge in [-0.15, -0.1) is 11.8 Å². The van der Waals surface area contributed by atoms with Crippen molar-refractivity contribution in [2.45, 2.75) is 57.9 Å². The molecule has 3 rings (SSSR count). The Labute approximate surface area is 155 Å². The van der Waals surface area contributed by atoms with Crippen LogP contribution in [0.2, 0.25) is 0 Å². The van der Waals surface area contributed by atoms with Gasteiger partial charge >= 0.3 is 0 Å². The monoisotopic (exact) mass is 353 g/mol. The van der Waals surface area contributed by atoms with E-state index in [-0.39, 0.29) is 11.9 Å². The van der Waals surface area contributed by atoms with Crippen LogP contribution in [0.25, 0.3) is 0 Å². The number of carbonyl (C=O) groups excluding carboxylic acids is 1. The number of carbonyl (C=O) groups is 1. The average molecular weight is 354 g/mol. The molecule has 0 bridgehead atoms. The number of thioether (sulfide) groups is 1. The number of nitrogens with one attached hydrogen (secondary N) is 1. The first-order valence-corrected chi connectivity index (χ1v) is 10.0. The molecule has 2 aromatic rings. The predicted octanol–water partition coefficient (Wildman–Crippen LogP) is 5.21. The summed E-state index contributed by atoms with van der Waals surface area (Å²) < 4.78 is 0. The smallest absolute Gasteiger partial charge is 0.230 e. The van der Waals surface area contributed by atoms with Gasteiger partial charge in [0.2, 0.25) is 5.91 Å². The number of benzene rings is 2. The van der Waals surface area contributed by atoms with Crippen molar-refractivity contribution in [2.75, 3.05) is 5.75 Å². The number of rotatable bonds is 4. The zero-order valence-corrected chi connectivity index (χ0v) is 16.4. The van der Waals surface area contributed by atoms with Gasteiger partial charge in [-0.2, -0.15) is 0 Å². The highest BCUT2D eigenvalue weighted by Gasteiger charge is 2.21. The number of aryl methyl sites for hydroxylation is 3. The predicted molar refractivity (Wildman–Crippen MR) is 106 cm³/mol. The van der Waals surface area contributed by atoms with Crippen LogP contribution >= 0.6 is 11.8 Å². The molecule has 0 aliphatic heterocycles. The first-order valence-electron chi connectivity index (χ1n) is 9.04. The Morgan fingerprint density at radius 1 is 1.12 bits per heavy atom. The maximum absolute atomic E-state index is 12.6. The summed E-state index contributed by atoms with van der Waals surface area (Å²) in [5.74, 6) is 0.605. The normalized spacial score (nSPS) is 16.4. The molecular formula is C22H27NOS. The minimum absolute atomic E-state index is 0.129. The first kappa shape index (κ1) is 18.1. The van der Waals surface area contributed by atoms with Gasteiger partial charge in [-0.25, -0.2) is 0 Å². The zero-order valence-electron chi connectivity index (χ0n) is 15.6. The van der Waals surface area contributed by atoms with Gasteiger partial charge in [-0.05, 0) is 80.3 Å². The molecule has 2 nitrogen and oxygen atoms in total. The Morgan fingerprint density at radius 3 is 2.52 bits per heavy atom. The lowest BCUT2D eigenvalue weighted by molar-refractivity contribution is -0.119. The van der Waals surface area contributed by atoms with E-state index in [1.807, 2.05) is 0 Å². The standard InChI is InChI=1S/C22H27NOS/c1-14-12-15(2)17(4)22(16(14)3)25-13-21(24)23-20-11-7-9-18-8-5-6-10-19(18)20/h5-6,8,10,12,20H,7,9,11,13H2,1-4H3,(H,23,24)/t20-/m1/s1. The lowest BCUT2D eigenvalue weighted by Crippen LogP contribution is -2.32. The Bertz CT molecular complexity index is 771. The molecule has 0 fully saturated rings. The quantitative estimate of drug-likeness (QED) is 0.765. The van der Waals surface area contributed by atoms with Crippen LogP contribution < -0.4 is 5.32 Å². The van der Waals surface area contributed by atoms with Crippen LogP contribution in [0, 0.1) is 27.7 Å². The first-order chi connectivity index (χ1) is 12.0. The van der Waals surface area contributed by atoms with Crippen molar-refractivity contribution in [3.8, 4) is 0 Å². The molecule has 1 amide bonds. The maximum atomic E-state index is 12.6. The second kappa shape index (κ2) is 7.65. The van der Waals surface area contributed by atoms with Gasteiger partial charge in [0.15, 0.2) is 0 Å². The van der Waals surface area contributed by atoms with Crippen molar-refractivity contribution in [3.63, 3.8) is 0 Å². The third-order valence-corrected chi connectivity index (χ3v) is 6.66. The van der Waals surface area contributed by atoms with Crippen molar-refractivity contribution in [1.29, 1.82) is 0 Å². The fraction of sp³-hybridized carbons (Fsp3) is 0.409. The fourth-order valence-electron chi connectivity index (χ4n) is 3.67. The van der Waals surface area contributed by atoms with Crippen LogP contribution in [0.15, 0.2) is 35.2 Å². The van der Waals surface area contributed by atoms with Gasteiger partial charge in [-0.3, -0.25) is 4.79 Å². The van der Waals surface area contributed by atoms with E-state index in [4.69, 9.17) is 0 Å². The topological polar surface area (TPSA) is 29.1 Å². The SMILES string of the molecule is Cc1cc(C)c(C)c(SCC(=O)N[C@@H]2CCCc3ccccc32)c1C. The molecular weight excluding hydrogens is 326 g/mol. The van der Waals surface area contributed by atoms with E-state index in [0.29, 0.717) is 5.75 Å². The summed E-state index contributed by atoms with van der Waals surface area (Å²) in [4.78, 5) is 13.8. The molecule has 1 N–H and O–H groups in total. The van der Waals surface area contributed by atoms with E-state index in [9.17, 15) is 4.79 Å². The average Bonchev–Trinajstić information content (AvgIpc) is 2.60. The van der Waals surface area contributed by atoms with E-state index in [0.717, 1.165) is 19.3 Å². The molecule has 0 saturated carbocycles. The van der Waals surface area contributed by atoms with Gasteiger partial charge in [-0.1, -0.05) is 30.3 Å². The molecule has 0 radical (unpaired) electrons. The van der Waals surface area contributed by atoms with E-state index in [2.05, 4.69) is 63.3 Å². The molecule has 1 aliphatic rings. The largest absolute Gasteiger partial charge is 0.349 e. The molecule has 1 aliphatic carbocycles. The lowest BCUT2D eigenvalue weighted by atomic mass is 9.88. The van der Waals surface area contributed by atoms with E-state index in [1.165, 1.54) is 38.3 Å². The van der Waals surface area contributed by atoms with Crippen molar-refractivity contribution in [2.24, 2.45) is 0 Å². The Hall–Kier alpha value is -1.74. The van der Waals surface area contributed by atoms with E-state index in [1.54, 1.807) is 11.8 Å². The molecule has 132 valence electrons. The lowest BCUT2D eigenvalue weighted by Gasteiger charge is -2.26. The van der Waals surface area contributed by atoms with Crippen LogP contribution in [0.1, 0.15) is 52.3 Å². The van der Waals surface area contributed by atoms with Gasteiger partial charge in [0.25, 0.3) is 0 Å². The summed E-state index contributed by atoms with van der Waals surface area (Å²) in [6.45, 7) is 8.59. The molecule has 0 aromatic heterocycles. The minimum atomic E-state index is 0.129. The zero-order chi connectivity index (χ0) is 18.0. The Balaban J connectivity index is 1.67. The van der Waals surface area contributed by atoms with Crippen LogP contribution in [-0.4, -0.2) is 11.7 Å². The number of hydrogen-bond acceptors (Lipinski definition) is 2. The highest BCUT2D eigenvalue weighted by atomic mass is 32.2. The van der Waals surface area contributed by atoms with Gasteiger partial charge in [0, 0.05) is 4.90 Å². The third-order valence-electron chi connectivity index (χ3n) is 5.35. The van der Waals surface area contributed by atoms with Crippen molar-refractivity contribution >= 4 is 17.7 Å². The second-order valence-corrected chi connectivity index (χ2v) is 8.07. The number of fused-ring (bicyclic) bond motifs is 1. The fourth-order valence-corrected chi connectivity index (χ4v) is 4.79. The van der Waals surface area contributed by atoms with Crippen LogP contribution in [0.4, 0.5) is 0 Å². The van der Waals surface area contributed by atoms with Crippen LogP contribution in [-0.2, 0) is 11.2 Å². The van der Waals surface area contributed by atoms with Gasteiger partial charge in [0.1, 0.15) is 0 Å². The Kier molecular flexibility index (Phi) is 5.53. The molecule has 25 heavy (non-hydrogen) atoms. The van der Waals surface area contributed by atoms with Crippen LogP contribution in [0.3, 0.4) is 0 Å². The highest BCUT2D eigenvalue weighted by molar-refractivity contribution is 8.00. The van der Waals surface area contributed by atoms with Crippen molar-refractivity contribution in [1.82, 2.24) is 5.32 Å². The Morgan fingerprint density at radius 2 is 1.80 bits per heavy atom. The van der Waals surface area contributed by atoms with Crippen molar-refractivity contribution in [3.05, 3.63) is 63.7 Å². The van der Waals surface area contributed by atoms with Crippen molar-refractivity contribution < 1.29 is 4.79 Å². The second-order valence-electron chi connectivity index (χ2n) is 7.09. The van der Waals surface area contributed by atoms with E-state index < -0.39 is 0 Å². The summed E-state index contributed by atoms with van der Waals surface area (Å²) in [5, 5.41) is 3.25. The summed E-state index contributed by atoms with van der Waals surface area (Å²) in [7, 11) is 0. The summed E-state index contributed by atoms with van der Waals surface area (Å²) >= 11 is 1.67. The maximum Gasteiger partial charge on any atom is 0.230 e. The minimum Gasteiger partial charge on any atom is -0.349 e. The third kappa shape index (κ3) is 3.92. The van der Waals surface area contributed by atoms with E-state index >= 15 is 0 Å². The molecule has 3 heteroatoms. The molecule has 0 unspecified atom stereocenters. The van der Waals surface area contributed by atoms with Gasteiger partial charge in [0.05, 0.1) is 11.8 Å². The molecule has 0 spiro atoms. The molecule has 0 saturated heterocycles. The molecule has 2 aromatic carbocycles. The highest BCUT2D eigenvalue weighted by Crippen LogP contribution is 2.32. The molecule has 0 heterocycles. The number of amides is 1. The number of hydrogen-bond donors (Lipinski definition) is 1.